The summed E-state index contributed by atoms with van der Waals surface area (Å²) in [6, 6.07) is -0.0255. The summed E-state index contributed by atoms with van der Waals surface area (Å²) in [6.45, 7) is 3.70. The summed E-state index contributed by atoms with van der Waals surface area (Å²) in [6.07, 6.45) is 5.13. The third-order valence-corrected chi connectivity index (χ3v) is 3.51. The maximum absolute atomic E-state index is 11.5. The molecular formula is C11H15NO3. The van der Waals surface area contributed by atoms with Gasteiger partial charge in [-0.15, -0.1) is 0 Å². The first-order chi connectivity index (χ1) is 7.21. The van der Waals surface area contributed by atoms with Crippen molar-refractivity contribution < 1.29 is 14.3 Å². The highest BCUT2D eigenvalue weighted by Gasteiger charge is 2.53. The fraction of sp³-hybridized carbons (Fsp3) is 0.727. The second-order valence-electron chi connectivity index (χ2n) is 4.47. The average Bonchev–Trinajstić information content (AvgIpc) is 2.67. The number of hydrogen-bond donors (Lipinski definition) is 0. The molecule has 2 fully saturated rings. The summed E-state index contributed by atoms with van der Waals surface area (Å²) in [7, 11) is 0. The minimum Gasteiger partial charge on any atom is -0.345 e. The van der Waals surface area contributed by atoms with Crippen LogP contribution in [0.2, 0.25) is 0 Å². The predicted octanol–water partition coefficient (Wildman–Crippen LogP) is 0.536. The zero-order valence-corrected chi connectivity index (χ0v) is 8.81. The lowest BCUT2D eigenvalue weighted by Gasteiger charge is -2.50. The molecule has 1 aliphatic carbocycles. The second kappa shape index (κ2) is 3.06. The smallest absolute Gasteiger partial charge is 0.220 e. The zero-order valence-electron chi connectivity index (χ0n) is 8.81. The fourth-order valence-electron chi connectivity index (χ4n) is 2.88. The van der Waals surface area contributed by atoms with Crippen LogP contribution in [0.25, 0.3) is 0 Å². The van der Waals surface area contributed by atoms with Crippen molar-refractivity contribution in [3.05, 3.63) is 12.2 Å². The Morgan fingerprint density at radius 3 is 2.73 bits per heavy atom. The molecule has 4 heteroatoms. The van der Waals surface area contributed by atoms with E-state index in [1.54, 1.807) is 6.92 Å². The minimum absolute atomic E-state index is 0.0255. The largest absolute Gasteiger partial charge is 0.345 e. The highest BCUT2D eigenvalue weighted by atomic mass is 16.7. The summed E-state index contributed by atoms with van der Waals surface area (Å²) in [5.41, 5.74) is 0. The van der Waals surface area contributed by atoms with Crippen LogP contribution in [-0.4, -0.2) is 42.4 Å². The molecule has 0 radical (unpaired) electrons. The van der Waals surface area contributed by atoms with Crippen molar-refractivity contribution in [3.8, 4) is 0 Å². The summed E-state index contributed by atoms with van der Waals surface area (Å²) in [5, 5.41) is 0. The molecule has 82 valence electrons. The number of carbonyl (C=O) groups excluding carboxylic acids is 1. The number of fused-ring (bicyclic) bond motifs is 1. The third-order valence-electron chi connectivity index (χ3n) is 3.51. The van der Waals surface area contributed by atoms with Crippen LogP contribution >= 0.6 is 0 Å². The number of rotatable bonds is 0. The van der Waals surface area contributed by atoms with Gasteiger partial charge in [0.1, 0.15) is 6.04 Å². The lowest BCUT2D eigenvalue weighted by atomic mass is 9.81. The van der Waals surface area contributed by atoms with Crippen LogP contribution in [0.15, 0.2) is 12.2 Å². The Morgan fingerprint density at radius 1 is 1.40 bits per heavy atom. The van der Waals surface area contributed by atoms with E-state index in [0.29, 0.717) is 19.1 Å². The maximum Gasteiger partial charge on any atom is 0.220 e. The monoisotopic (exact) mass is 209 g/mol. The quantitative estimate of drug-likeness (QED) is 0.546. The summed E-state index contributed by atoms with van der Waals surface area (Å²) >= 11 is 0. The Labute approximate surface area is 88.8 Å². The first-order valence-corrected chi connectivity index (χ1v) is 5.45. The van der Waals surface area contributed by atoms with Crippen molar-refractivity contribution in [2.45, 2.75) is 25.2 Å². The van der Waals surface area contributed by atoms with Crippen molar-refractivity contribution in [3.63, 3.8) is 0 Å². The van der Waals surface area contributed by atoms with Crippen molar-refractivity contribution >= 4 is 5.91 Å². The third kappa shape index (κ3) is 1.25. The van der Waals surface area contributed by atoms with E-state index in [4.69, 9.17) is 9.47 Å². The van der Waals surface area contributed by atoms with Crippen LogP contribution in [-0.2, 0) is 14.3 Å². The second-order valence-corrected chi connectivity index (χ2v) is 4.47. The van der Waals surface area contributed by atoms with E-state index in [-0.39, 0.29) is 11.9 Å². The molecule has 4 aliphatic rings. The Hall–Kier alpha value is -0.870. The molecule has 4 rings (SSSR count). The molecule has 2 unspecified atom stereocenters. The average molecular weight is 209 g/mol. The van der Waals surface area contributed by atoms with E-state index in [0.717, 1.165) is 13.0 Å². The van der Waals surface area contributed by atoms with Crippen LogP contribution in [0.5, 0.6) is 0 Å². The molecule has 15 heavy (non-hydrogen) atoms. The summed E-state index contributed by atoms with van der Waals surface area (Å²) in [5.74, 6) is -0.0481. The molecule has 0 N–H and O–H groups in total. The molecule has 0 saturated carbocycles. The molecular weight excluding hydrogens is 194 g/mol. The van der Waals surface area contributed by atoms with Crippen molar-refractivity contribution in [2.24, 2.45) is 5.92 Å². The molecule has 1 spiro atoms. The molecule has 0 aromatic carbocycles. The zero-order chi connectivity index (χ0) is 10.5. The Morgan fingerprint density at radius 2 is 2.13 bits per heavy atom. The molecule has 1 amide bonds. The van der Waals surface area contributed by atoms with Gasteiger partial charge < -0.3 is 14.4 Å². The highest BCUT2D eigenvalue weighted by molar-refractivity contribution is 5.74. The first-order valence-electron chi connectivity index (χ1n) is 5.45. The van der Waals surface area contributed by atoms with Crippen LogP contribution in [0, 0.1) is 5.92 Å². The molecule has 3 aliphatic heterocycles. The van der Waals surface area contributed by atoms with E-state index in [1.807, 2.05) is 4.90 Å². The fourth-order valence-corrected chi connectivity index (χ4v) is 2.88. The van der Waals surface area contributed by atoms with Gasteiger partial charge in [0.25, 0.3) is 0 Å². The van der Waals surface area contributed by atoms with Gasteiger partial charge in [-0.05, 0) is 5.92 Å². The van der Waals surface area contributed by atoms with E-state index < -0.39 is 5.79 Å². The normalized spacial score (nSPS) is 36.5. The van der Waals surface area contributed by atoms with Crippen LogP contribution in [0.4, 0.5) is 0 Å². The SMILES string of the molecule is CC(=O)N1CC2C=CC1C1(C2)OCCO1. The Bertz CT molecular complexity index is 320. The van der Waals surface area contributed by atoms with Gasteiger partial charge in [-0.3, -0.25) is 4.79 Å². The van der Waals surface area contributed by atoms with Crippen LogP contribution < -0.4 is 0 Å². The number of hydrogen-bond acceptors (Lipinski definition) is 3. The van der Waals surface area contributed by atoms with Crippen molar-refractivity contribution in [1.82, 2.24) is 4.90 Å². The maximum atomic E-state index is 11.5. The van der Waals surface area contributed by atoms with Gasteiger partial charge in [0, 0.05) is 19.9 Å². The van der Waals surface area contributed by atoms with Gasteiger partial charge in [0.2, 0.25) is 5.91 Å². The van der Waals surface area contributed by atoms with Gasteiger partial charge in [-0.25, -0.2) is 0 Å². The molecule has 2 atom stereocenters. The molecule has 0 aromatic rings. The number of ether oxygens (including phenoxy) is 2. The minimum atomic E-state index is -0.538. The predicted molar refractivity (Wildman–Crippen MR) is 53.1 cm³/mol. The number of piperidine rings is 1. The van der Waals surface area contributed by atoms with E-state index in [2.05, 4.69) is 12.2 Å². The highest BCUT2D eigenvalue weighted by Crippen LogP contribution is 2.42. The van der Waals surface area contributed by atoms with Gasteiger partial charge >= 0.3 is 0 Å². The van der Waals surface area contributed by atoms with Gasteiger partial charge in [0.15, 0.2) is 5.79 Å². The van der Waals surface area contributed by atoms with E-state index in [1.165, 1.54) is 0 Å². The van der Waals surface area contributed by atoms with Crippen LogP contribution in [0.1, 0.15) is 13.3 Å². The summed E-state index contributed by atoms with van der Waals surface area (Å²) in [4.78, 5) is 13.4. The standard InChI is InChI=1S/C11H15NO3/c1-8(13)12-7-9-2-3-10(12)11(6-9)14-4-5-15-11/h2-3,9-10H,4-7H2,1H3. The van der Waals surface area contributed by atoms with E-state index >= 15 is 0 Å². The molecule has 0 aromatic heterocycles. The van der Waals surface area contributed by atoms with Gasteiger partial charge in [0.05, 0.1) is 13.2 Å². The lowest BCUT2D eigenvalue weighted by molar-refractivity contribution is -0.222. The Kier molecular flexibility index (Phi) is 1.91. The molecule has 4 nitrogen and oxygen atoms in total. The number of nitrogens with zero attached hydrogens (tertiary/aromatic N) is 1. The van der Waals surface area contributed by atoms with Crippen molar-refractivity contribution in [1.29, 1.82) is 0 Å². The van der Waals surface area contributed by atoms with Crippen LogP contribution in [0.3, 0.4) is 0 Å². The topological polar surface area (TPSA) is 38.8 Å². The van der Waals surface area contributed by atoms with Crippen molar-refractivity contribution in [2.75, 3.05) is 19.8 Å². The van der Waals surface area contributed by atoms with Gasteiger partial charge in [-0.2, -0.15) is 0 Å². The first kappa shape index (κ1) is 9.36. The Balaban J connectivity index is 1.95. The lowest BCUT2D eigenvalue weighted by Crippen LogP contribution is -2.62. The molecule has 3 heterocycles. The molecule has 2 bridgehead atoms. The van der Waals surface area contributed by atoms with Gasteiger partial charge in [-0.1, -0.05) is 12.2 Å². The number of carbonyl (C=O) groups is 1. The summed E-state index contributed by atoms with van der Waals surface area (Å²) < 4.78 is 11.5. The van der Waals surface area contributed by atoms with E-state index in [9.17, 15) is 4.79 Å². The number of amides is 1. The molecule has 2 saturated heterocycles.